The Labute approximate surface area is 420 Å². The fraction of sp³-hybridized carbons (Fsp3) is 0.298. The van der Waals surface area contributed by atoms with Crippen LogP contribution >= 0.6 is 23.2 Å². The number of fused-ring (bicyclic) bond motifs is 4. The number of aliphatic hydroxyl groups excluding tert-OH is 1. The summed E-state index contributed by atoms with van der Waals surface area (Å²) in [4.78, 5) is 40.1. The Bertz CT molecular complexity index is 3050. The van der Waals surface area contributed by atoms with E-state index in [9.17, 15) is 23.1 Å². The van der Waals surface area contributed by atoms with E-state index in [1.54, 1.807) is 0 Å². The molecule has 10 nitrogen and oxygen atoms in total. The molecule has 2 saturated heterocycles. The number of rotatable bonds is 8. The normalized spacial score (nSPS) is 16.6. The number of hydrogen-bond donors (Lipinski definition) is 1. The zero-order valence-corrected chi connectivity index (χ0v) is 41.5. The van der Waals surface area contributed by atoms with Gasteiger partial charge in [-0.25, -0.2) is 0 Å². The van der Waals surface area contributed by atoms with Crippen molar-refractivity contribution in [1.82, 2.24) is 19.8 Å². The summed E-state index contributed by atoms with van der Waals surface area (Å²) >= 11 is 12.7. The van der Waals surface area contributed by atoms with E-state index in [0.29, 0.717) is 39.0 Å². The third-order valence-corrected chi connectivity index (χ3v) is 15.0. The smallest absolute Gasteiger partial charge is 0.264 e. The van der Waals surface area contributed by atoms with Gasteiger partial charge in [-0.3, -0.25) is 23.7 Å². The first-order valence-corrected chi connectivity index (χ1v) is 26.6. The first-order chi connectivity index (χ1) is 34.0. The molecule has 4 aromatic carbocycles. The fourth-order valence-corrected chi connectivity index (χ4v) is 11.2. The third kappa shape index (κ3) is 11.1. The Morgan fingerprint density at radius 2 is 0.986 bits per heavy atom. The molecule has 0 bridgehead atoms. The summed E-state index contributed by atoms with van der Waals surface area (Å²) in [5.74, 6) is -1.32. The Morgan fingerprint density at radius 1 is 0.571 bits per heavy atom. The number of pyridine rings is 2. The molecule has 360 valence electrons. The average molecular weight is 996 g/mol. The maximum Gasteiger partial charge on any atom is 0.264 e. The molecule has 0 radical (unpaired) electrons. The zero-order chi connectivity index (χ0) is 48.8. The topological polar surface area (TPSA) is 130 Å². The van der Waals surface area contributed by atoms with E-state index in [-0.39, 0.29) is 25.0 Å². The van der Waals surface area contributed by atoms with E-state index in [0.717, 1.165) is 82.9 Å². The van der Waals surface area contributed by atoms with Gasteiger partial charge in [0.25, 0.3) is 10.1 Å². The second-order valence-electron chi connectivity index (χ2n) is 18.3. The van der Waals surface area contributed by atoms with E-state index >= 15 is 0 Å². The van der Waals surface area contributed by atoms with Gasteiger partial charge in [0.05, 0.1) is 42.7 Å². The average Bonchev–Trinajstić information content (AvgIpc) is 3.65. The molecule has 4 heterocycles. The molecule has 70 heavy (non-hydrogen) atoms. The van der Waals surface area contributed by atoms with Crippen molar-refractivity contribution >= 4 is 56.3 Å². The highest BCUT2D eigenvalue weighted by molar-refractivity contribution is 7.86. The monoisotopic (exact) mass is 994 g/mol. The van der Waals surface area contributed by atoms with Crippen LogP contribution in [0.3, 0.4) is 0 Å². The molecule has 2 aromatic heterocycles. The van der Waals surface area contributed by atoms with Crippen LogP contribution in [0.5, 0.6) is 0 Å². The number of piperidine rings is 2. The van der Waals surface area contributed by atoms with E-state index in [4.69, 9.17) is 37.4 Å². The number of halogens is 2. The second-order valence-corrected chi connectivity index (χ2v) is 20.8. The largest absolute Gasteiger partial charge is 0.395 e. The molecule has 6 aromatic rings. The molecule has 2 aliphatic carbocycles. The van der Waals surface area contributed by atoms with Crippen molar-refractivity contribution in [1.29, 1.82) is 0 Å². The summed E-state index contributed by atoms with van der Waals surface area (Å²) in [7, 11) is -3.67. The minimum Gasteiger partial charge on any atom is -0.395 e. The van der Waals surface area contributed by atoms with Crippen LogP contribution < -0.4 is 0 Å². The van der Waals surface area contributed by atoms with E-state index in [2.05, 4.69) is 30.3 Å². The van der Waals surface area contributed by atoms with E-state index in [1.807, 2.05) is 113 Å². The van der Waals surface area contributed by atoms with Crippen LogP contribution in [0.25, 0.3) is 11.1 Å². The van der Waals surface area contributed by atoms with Crippen LogP contribution in [0, 0.1) is 0 Å². The number of likely N-dealkylation sites (tertiary alicyclic amines) is 2. The van der Waals surface area contributed by atoms with Crippen molar-refractivity contribution in [3.63, 3.8) is 0 Å². The predicted octanol–water partition coefficient (Wildman–Crippen LogP) is 10.1. The molecular weight excluding hydrogens is 940 g/mol. The Balaban J connectivity index is 0.000000175. The molecule has 0 spiro atoms. The van der Waals surface area contributed by atoms with Gasteiger partial charge in [0.15, 0.2) is 0 Å². The number of hydrogen-bond acceptors (Lipinski definition) is 8. The van der Waals surface area contributed by atoms with Gasteiger partial charge < -0.3 is 14.9 Å². The molecule has 2 unspecified atom stereocenters. The molecule has 2 aliphatic heterocycles. The summed E-state index contributed by atoms with van der Waals surface area (Å²) in [5, 5.41) is 11.4. The molecule has 10 rings (SSSR count). The van der Waals surface area contributed by atoms with Crippen molar-refractivity contribution in [3.8, 4) is 0 Å². The lowest BCUT2D eigenvalue weighted by Crippen LogP contribution is -2.41. The standard InChI is InChI=1S/C29H29ClN2O4S.C28H27ClN2O2/c1-37(34,35)36-19-26(20-6-3-2-4-7-20)29(33)32-16-13-21(14-17-32)27-25-12-11-24(30)18-23(25)10-9-22-8-5-15-31-28(22)27;29-23-10-11-24-22(17-23)9-8-21-7-4-14-30-27(21)26(24)20-12-15-31(16-13-20)28(33)25(18-32)19-5-2-1-3-6-19/h2-8,11-12,15,18,26H,9-10,13-14,16-17,19H2,1H3;1-7,10-11,14,17,25,32H,8-9,12-13,15-16,18H2. The number of nitrogens with zero attached hydrogens (tertiary/aromatic N) is 4. The summed E-state index contributed by atoms with van der Waals surface area (Å²) in [6, 6.07) is 39.3. The van der Waals surface area contributed by atoms with Crippen LogP contribution in [0.1, 0.15) is 93.4 Å². The first kappa shape index (κ1) is 49.0. The molecule has 4 aliphatic rings. The van der Waals surface area contributed by atoms with Crippen LogP contribution in [0.4, 0.5) is 0 Å². The summed E-state index contributed by atoms with van der Waals surface area (Å²) in [6.07, 6.45) is 11.4. The van der Waals surface area contributed by atoms with Gasteiger partial charge in [-0.2, -0.15) is 8.42 Å². The van der Waals surface area contributed by atoms with Crippen molar-refractivity contribution < 1.29 is 27.3 Å². The number of aromatic nitrogens is 2. The van der Waals surface area contributed by atoms with Gasteiger partial charge in [-0.1, -0.05) is 119 Å². The highest BCUT2D eigenvalue weighted by Gasteiger charge is 2.33. The minimum absolute atomic E-state index is 0.000626. The Kier molecular flexibility index (Phi) is 15.4. The first-order valence-electron chi connectivity index (χ1n) is 24.0. The van der Waals surface area contributed by atoms with Crippen LogP contribution in [-0.4, -0.2) is 90.8 Å². The molecule has 1 N–H and O–H groups in total. The van der Waals surface area contributed by atoms with Crippen molar-refractivity contribution in [2.75, 3.05) is 45.6 Å². The van der Waals surface area contributed by atoms with E-state index < -0.39 is 22.0 Å². The number of carbonyl (C=O) groups is 2. The van der Waals surface area contributed by atoms with Crippen molar-refractivity contribution in [2.45, 2.75) is 63.2 Å². The molecule has 2 atom stereocenters. The summed E-state index contributed by atoms with van der Waals surface area (Å²) < 4.78 is 28.4. The molecular formula is C57H56Cl2N4O6S. The fourth-order valence-electron chi connectivity index (χ4n) is 10.4. The highest BCUT2D eigenvalue weighted by atomic mass is 35.5. The molecule has 13 heteroatoms. The maximum atomic E-state index is 13.6. The number of aryl methyl sites for hydroxylation is 4. The third-order valence-electron chi connectivity index (χ3n) is 14.0. The van der Waals surface area contributed by atoms with Gasteiger partial charge >= 0.3 is 0 Å². The van der Waals surface area contributed by atoms with Gasteiger partial charge in [0, 0.05) is 59.8 Å². The quantitative estimate of drug-likeness (QED) is 0.149. The van der Waals surface area contributed by atoms with Crippen LogP contribution in [0.15, 0.2) is 145 Å². The lowest BCUT2D eigenvalue weighted by molar-refractivity contribution is -0.134. The number of amides is 2. The molecule has 2 amide bonds. The van der Waals surface area contributed by atoms with Crippen LogP contribution in [0.2, 0.25) is 10.0 Å². The molecule has 2 fully saturated rings. The SMILES string of the molecule is CS(=O)(=O)OCC(C(=O)N1CCC(=C2c3ccc(Cl)cc3CCc3cccnc32)CC1)c1ccccc1.O=C(C(CO)c1ccccc1)N1CCC(=C2c3ccc(Cl)cc3CCc3cccnc32)CC1. The number of carbonyl (C=O) groups excluding carboxylic acids is 2. The predicted molar refractivity (Wildman–Crippen MR) is 276 cm³/mol. The van der Waals surface area contributed by atoms with Crippen LogP contribution in [-0.2, 0) is 49.6 Å². The maximum absolute atomic E-state index is 13.6. The second kappa shape index (κ2) is 22.0. The lowest BCUT2D eigenvalue weighted by atomic mass is 9.88. The highest BCUT2D eigenvalue weighted by Crippen LogP contribution is 2.41. The van der Waals surface area contributed by atoms with Crippen molar-refractivity contribution in [2.24, 2.45) is 0 Å². The Morgan fingerprint density at radius 3 is 1.41 bits per heavy atom. The lowest BCUT2D eigenvalue weighted by Gasteiger charge is -2.33. The minimum atomic E-state index is -3.67. The summed E-state index contributed by atoms with van der Waals surface area (Å²) in [5.41, 5.74) is 16.0. The van der Waals surface area contributed by atoms with E-state index in [1.165, 1.54) is 50.1 Å². The Hall–Kier alpha value is -5.95. The summed E-state index contributed by atoms with van der Waals surface area (Å²) in [6.45, 7) is 1.99. The van der Waals surface area contributed by atoms with Gasteiger partial charge in [-0.05, 0) is 132 Å². The number of aliphatic hydroxyl groups is 1. The molecule has 0 saturated carbocycles. The number of benzene rings is 4. The zero-order valence-electron chi connectivity index (χ0n) is 39.2. The van der Waals surface area contributed by atoms with Gasteiger partial charge in [0.2, 0.25) is 11.8 Å². The van der Waals surface area contributed by atoms with Gasteiger partial charge in [-0.15, -0.1) is 0 Å². The van der Waals surface area contributed by atoms with Gasteiger partial charge in [0.1, 0.15) is 0 Å². The van der Waals surface area contributed by atoms with Crippen molar-refractivity contribution in [3.05, 3.63) is 211 Å².